The molecule has 0 unspecified atom stereocenters. The van der Waals surface area contributed by atoms with Crippen LogP contribution in [0, 0.1) is 0 Å². The van der Waals surface area contributed by atoms with Crippen molar-refractivity contribution >= 4 is 28.6 Å². The molecule has 0 saturated heterocycles. The minimum Gasteiger partial charge on any atom is -0.486 e. The topological polar surface area (TPSA) is 91.7 Å². The second-order valence-electron chi connectivity index (χ2n) is 8.51. The zero-order valence-corrected chi connectivity index (χ0v) is 20.9. The van der Waals surface area contributed by atoms with Crippen molar-refractivity contribution in [3.05, 3.63) is 58.4 Å². The van der Waals surface area contributed by atoms with Gasteiger partial charge in [0.15, 0.2) is 16.7 Å². The number of fused-ring (bicyclic) bond motifs is 2. The molecular weight excluding hydrogens is 466 g/mol. The molecular formula is C26H31N3O5S. The molecule has 4 rings (SSSR count). The molecule has 0 bridgehead atoms. The van der Waals surface area contributed by atoms with Crippen LogP contribution in [0.25, 0.3) is 10.9 Å². The Labute approximate surface area is 209 Å². The van der Waals surface area contributed by atoms with Gasteiger partial charge in [-0.25, -0.2) is 4.98 Å². The third-order valence-electron chi connectivity index (χ3n) is 5.48. The van der Waals surface area contributed by atoms with Gasteiger partial charge >= 0.3 is 0 Å². The summed E-state index contributed by atoms with van der Waals surface area (Å²) < 4.78 is 18.4. The van der Waals surface area contributed by atoms with Crippen molar-refractivity contribution in [2.45, 2.75) is 44.5 Å². The highest BCUT2D eigenvalue weighted by Gasteiger charge is 2.14. The molecule has 1 aliphatic heterocycles. The smallest absolute Gasteiger partial charge is 0.262 e. The maximum Gasteiger partial charge on any atom is 0.262 e. The fourth-order valence-electron chi connectivity index (χ4n) is 3.77. The summed E-state index contributed by atoms with van der Waals surface area (Å²) in [4.78, 5) is 30.3. The Morgan fingerprint density at radius 1 is 1.17 bits per heavy atom. The van der Waals surface area contributed by atoms with Crippen molar-refractivity contribution in [1.82, 2.24) is 14.9 Å². The van der Waals surface area contributed by atoms with Crippen LogP contribution in [-0.4, -0.2) is 53.7 Å². The van der Waals surface area contributed by atoms with Gasteiger partial charge in [0.2, 0.25) is 5.91 Å². The molecule has 1 N–H and O–H groups in total. The fourth-order valence-corrected chi connectivity index (χ4v) is 4.62. The summed E-state index contributed by atoms with van der Waals surface area (Å²) in [5, 5.41) is 4.07. The Morgan fingerprint density at radius 3 is 2.80 bits per heavy atom. The molecule has 0 atom stereocenters. The van der Waals surface area contributed by atoms with Gasteiger partial charge in [-0.2, -0.15) is 0 Å². The van der Waals surface area contributed by atoms with Crippen LogP contribution < -0.4 is 20.3 Å². The molecule has 1 amide bonds. The first-order valence-corrected chi connectivity index (χ1v) is 12.9. The van der Waals surface area contributed by atoms with Gasteiger partial charge in [-0.1, -0.05) is 30.0 Å². The molecule has 1 aliphatic rings. The Hall–Kier alpha value is -3.04. The van der Waals surface area contributed by atoms with Crippen molar-refractivity contribution < 1.29 is 19.0 Å². The predicted molar refractivity (Wildman–Crippen MR) is 137 cm³/mol. The number of carbonyl (C=O) groups is 1. The van der Waals surface area contributed by atoms with E-state index < -0.39 is 0 Å². The quantitative estimate of drug-likeness (QED) is 0.247. The van der Waals surface area contributed by atoms with E-state index >= 15 is 0 Å². The number of hydrogen-bond acceptors (Lipinski definition) is 7. The lowest BCUT2D eigenvalue weighted by molar-refractivity contribution is -0.118. The molecule has 0 spiro atoms. The zero-order valence-electron chi connectivity index (χ0n) is 20.1. The second kappa shape index (κ2) is 12.1. The fraction of sp³-hybridized carbons (Fsp3) is 0.423. The Bertz CT molecular complexity index is 1230. The highest BCUT2D eigenvalue weighted by Crippen LogP contribution is 2.30. The van der Waals surface area contributed by atoms with Crippen molar-refractivity contribution in [3.8, 4) is 11.5 Å². The summed E-state index contributed by atoms with van der Waals surface area (Å²) >= 11 is 1.28. The van der Waals surface area contributed by atoms with Gasteiger partial charge in [-0.15, -0.1) is 0 Å². The van der Waals surface area contributed by atoms with Crippen LogP contribution in [0.3, 0.4) is 0 Å². The lowest BCUT2D eigenvalue weighted by atomic mass is 10.1. The molecule has 2 aromatic carbocycles. The normalized spacial score (nSPS) is 12.8. The Kier molecular flexibility index (Phi) is 8.65. The van der Waals surface area contributed by atoms with Gasteiger partial charge in [0.05, 0.1) is 22.8 Å². The van der Waals surface area contributed by atoms with E-state index in [0.29, 0.717) is 61.8 Å². The maximum absolute atomic E-state index is 13.1. The number of nitrogens with one attached hydrogen (secondary N) is 1. The lowest BCUT2D eigenvalue weighted by Gasteiger charge is -2.18. The zero-order chi connectivity index (χ0) is 24.6. The van der Waals surface area contributed by atoms with Crippen LogP contribution in [0.4, 0.5) is 0 Å². The Morgan fingerprint density at radius 2 is 1.97 bits per heavy atom. The molecule has 9 heteroatoms. The van der Waals surface area contributed by atoms with E-state index in [4.69, 9.17) is 14.2 Å². The number of aromatic nitrogens is 2. The van der Waals surface area contributed by atoms with Gasteiger partial charge < -0.3 is 19.5 Å². The highest BCUT2D eigenvalue weighted by atomic mass is 32.2. The summed E-state index contributed by atoms with van der Waals surface area (Å²) in [6.45, 7) is 6.62. The van der Waals surface area contributed by atoms with E-state index in [9.17, 15) is 9.59 Å². The third kappa shape index (κ3) is 6.76. The first-order valence-electron chi connectivity index (χ1n) is 11.9. The molecule has 8 nitrogen and oxygen atoms in total. The number of para-hydroxylation sites is 1. The van der Waals surface area contributed by atoms with Crippen molar-refractivity contribution in [1.29, 1.82) is 0 Å². The van der Waals surface area contributed by atoms with Gasteiger partial charge in [0, 0.05) is 19.7 Å². The number of hydrogen-bond donors (Lipinski definition) is 1. The number of carbonyl (C=O) groups excluding carboxylic acids is 1. The number of benzene rings is 2. The average Bonchev–Trinajstić information content (AvgIpc) is 2.86. The number of rotatable bonds is 11. The van der Waals surface area contributed by atoms with Crippen LogP contribution in [0.5, 0.6) is 11.5 Å². The molecule has 0 radical (unpaired) electrons. The minimum atomic E-state index is -0.107. The lowest BCUT2D eigenvalue weighted by Crippen LogP contribution is -2.28. The minimum absolute atomic E-state index is 0.0957. The first kappa shape index (κ1) is 25.1. The monoisotopic (exact) mass is 497 g/mol. The largest absolute Gasteiger partial charge is 0.486 e. The van der Waals surface area contributed by atoms with Crippen LogP contribution in [0.15, 0.2) is 52.4 Å². The molecule has 0 saturated carbocycles. The number of thioether (sulfide) groups is 1. The van der Waals surface area contributed by atoms with Gasteiger partial charge in [0.25, 0.3) is 5.56 Å². The molecule has 35 heavy (non-hydrogen) atoms. The number of amides is 1. The van der Waals surface area contributed by atoms with E-state index in [1.54, 1.807) is 10.6 Å². The van der Waals surface area contributed by atoms with Crippen LogP contribution in [0.1, 0.15) is 25.8 Å². The van der Waals surface area contributed by atoms with E-state index in [2.05, 4.69) is 10.3 Å². The molecule has 2 heterocycles. The van der Waals surface area contributed by atoms with Crippen molar-refractivity contribution in [2.24, 2.45) is 0 Å². The maximum atomic E-state index is 13.1. The summed E-state index contributed by atoms with van der Waals surface area (Å²) in [5.41, 5.74) is 1.60. The molecule has 3 aromatic rings. The Balaban J connectivity index is 1.35. The van der Waals surface area contributed by atoms with Gasteiger partial charge in [-0.05, 0) is 56.5 Å². The number of ether oxygens (including phenoxy) is 3. The van der Waals surface area contributed by atoms with Gasteiger partial charge in [-0.3, -0.25) is 14.2 Å². The average molecular weight is 498 g/mol. The van der Waals surface area contributed by atoms with Crippen LogP contribution >= 0.6 is 11.8 Å². The number of nitrogens with zero attached hydrogens (tertiary/aromatic N) is 2. The molecule has 0 aliphatic carbocycles. The van der Waals surface area contributed by atoms with Crippen molar-refractivity contribution in [3.63, 3.8) is 0 Å². The summed E-state index contributed by atoms with van der Waals surface area (Å²) in [5.74, 6) is 1.57. The van der Waals surface area contributed by atoms with E-state index in [1.807, 2.05) is 50.2 Å². The van der Waals surface area contributed by atoms with Gasteiger partial charge in [0.1, 0.15) is 13.2 Å². The second-order valence-corrected chi connectivity index (χ2v) is 9.45. The SMILES string of the molecule is CC(C)OCCCn1c(SCC(=O)NCCc2ccc3c(c2)OCCO3)nc2ccccc2c1=O. The van der Waals surface area contributed by atoms with Crippen LogP contribution in [0.2, 0.25) is 0 Å². The summed E-state index contributed by atoms with van der Waals surface area (Å²) in [7, 11) is 0. The summed E-state index contributed by atoms with van der Waals surface area (Å²) in [6, 6.07) is 13.1. The third-order valence-corrected chi connectivity index (χ3v) is 6.46. The van der Waals surface area contributed by atoms with E-state index in [1.165, 1.54) is 11.8 Å². The predicted octanol–water partition coefficient (Wildman–Crippen LogP) is 3.43. The molecule has 186 valence electrons. The molecule has 1 aromatic heterocycles. The first-order chi connectivity index (χ1) is 17.0. The van der Waals surface area contributed by atoms with E-state index in [0.717, 1.165) is 17.1 Å². The highest BCUT2D eigenvalue weighted by molar-refractivity contribution is 7.99. The molecule has 0 fully saturated rings. The standard InChI is InChI=1S/C26H31N3O5S/c1-18(2)32-13-5-12-29-25(31)20-6-3-4-7-21(20)28-26(29)35-17-24(30)27-11-10-19-8-9-22-23(16-19)34-15-14-33-22/h3-4,6-9,16,18H,5,10-15,17H2,1-2H3,(H,27,30). The van der Waals surface area contributed by atoms with Crippen LogP contribution in [-0.2, 0) is 22.5 Å². The van der Waals surface area contributed by atoms with Crippen molar-refractivity contribution in [2.75, 3.05) is 32.1 Å². The summed E-state index contributed by atoms with van der Waals surface area (Å²) in [6.07, 6.45) is 1.51. The van der Waals surface area contributed by atoms with E-state index in [-0.39, 0.29) is 23.3 Å².